The highest BCUT2D eigenvalue weighted by atomic mass is 31.2. The van der Waals surface area contributed by atoms with Crippen molar-refractivity contribution in [1.29, 1.82) is 0 Å². The Morgan fingerprint density at radius 3 is 2.35 bits per heavy atom. The fraction of sp³-hybridized carbons (Fsp3) is 0.316. The smallest absolute Gasteiger partial charge is 0.361 e. The summed E-state index contributed by atoms with van der Waals surface area (Å²) in [5.74, 6) is 0.804. The zero-order valence-electron chi connectivity index (χ0n) is 15.2. The summed E-state index contributed by atoms with van der Waals surface area (Å²) < 4.78 is 30.9. The minimum Gasteiger partial charge on any atom is -0.496 e. The molecule has 3 rings (SSSR count). The molecule has 0 saturated heterocycles. The highest BCUT2D eigenvalue weighted by molar-refractivity contribution is 7.62. The highest BCUT2D eigenvalue weighted by Gasteiger charge is 2.26. The Bertz CT molecular complexity index is 911. The molecule has 0 atom stereocenters. The number of nitrogens with zero attached hydrogens (tertiary/aromatic N) is 2. The van der Waals surface area contributed by atoms with Crippen LogP contribution in [0.5, 0.6) is 5.75 Å². The lowest BCUT2D eigenvalue weighted by Gasteiger charge is -2.17. The van der Waals surface area contributed by atoms with Gasteiger partial charge in [-0.05, 0) is 43.7 Å². The van der Waals surface area contributed by atoms with E-state index in [0.29, 0.717) is 25.1 Å². The number of rotatable bonds is 8. The zero-order valence-corrected chi connectivity index (χ0v) is 16.1. The summed E-state index contributed by atoms with van der Waals surface area (Å²) in [5, 5.41) is 6.00. The summed E-state index contributed by atoms with van der Waals surface area (Å²) in [6, 6.07) is 13.3. The van der Waals surface area contributed by atoms with Gasteiger partial charge >= 0.3 is 7.60 Å². The SMILES string of the molecule is CCOP(=O)(OCC)c1ccc(Cn2ncc3c(OC)cccc32)cc1. The molecular weight excluding hydrogens is 351 g/mol. The van der Waals surface area contributed by atoms with E-state index in [1.165, 1.54) is 0 Å². The standard InChI is InChI=1S/C19H23N2O4P/c1-4-24-26(22,25-5-2)16-11-9-15(10-12-16)14-21-18-7-6-8-19(23-3)17(18)13-20-21/h6-13H,4-5,14H2,1-3H3. The van der Waals surface area contributed by atoms with Crippen molar-refractivity contribution in [2.75, 3.05) is 20.3 Å². The summed E-state index contributed by atoms with van der Waals surface area (Å²) in [4.78, 5) is 0. The van der Waals surface area contributed by atoms with Crippen LogP contribution in [0.15, 0.2) is 48.7 Å². The molecular formula is C19H23N2O4P. The predicted molar refractivity (Wildman–Crippen MR) is 102 cm³/mol. The summed E-state index contributed by atoms with van der Waals surface area (Å²) in [5.41, 5.74) is 2.05. The molecule has 0 saturated carbocycles. The normalized spacial score (nSPS) is 11.8. The van der Waals surface area contributed by atoms with Crippen molar-refractivity contribution in [3.05, 3.63) is 54.2 Å². The Labute approximate surface area is 153 Å². The molecule has 0 N–H and O–H groups in total. The van der Waals surface area contributed by atoms with Gasteiger partial charge in [-0.2, -0.15) is 5.10 Å². The molecule has 0 amide bonds. The number of fused-ring (bicyclic) bond motifs is 1. The number of hydrogen-bond donors (Lipinski definition) is 0. The molecule has 0 unspecified atom stereocenters. The van der Waals surface area contributed by atoms with Crippen LogP contribution in [-0.4, -0.2) is 30.1 Å². The van der Waals surface area contributed by atoms with Crippen LogP contribution < -0.4 is 10.0 Å². The molecule has 0 radical (unpaired) electrons. The molecule has 7 heteroatoms. The zero-order chi connectivity index (χ0) is 18.6. The highest BCUT2D eigenvalue weighted by Crippen LogP contribution is 2.46. The number of hydrogen-bond acceptors (Lipinski definition) is 5. The van der Waals surface area contributed by atoms with E-state index in [0.717, 1.165) is 22.2 Å². The fourth-order valence-corrected chi connectivity index (χ4v) is 4.43. The minimum absolute atomic E-state index is 0.333. The quantitative estimate of drug-likeness (QED) is 0.558. The van der Waals surface area contributed by atoms with E-state index in [-0.39, 0.29) is 0 Å². The molecule has 138 valence electrons. The average Bonchev–Trinajstić information content (AvgIpc) is 3.06. The molecule has 3 aromatic rings. The van der Waals surface area contributed by atoms with Gasteiger partial charge in [-0.25, -0.2) is 0 Å². The Balaban J connectivity index is 1.85. The second-order valence-electron chi connectivity index (χ2n) is 5.69. The number of benzene rings is 2. The van der Waals surface area contributed by atoms with Gasteiger partial charge in [0.25, 0.3) is 0 Å². The van der Waals surface area contributed by atoms with E-state index in [2.05, 4.69) is 5.10 Å². The molecule has 6 nitrogen and oxygen atoms in total. The molecule has 0 bridgehead atoms. The van der Waals surface area contributed by atoms with Gasteiger partial charge in [-0.3, -0.25) is 9.25 Å². The molecule has 0 spiro atoms. The van der Waals surface area contributed by atoms with Crippen LogP contribution in [0.1, 0.15) is 19.4 Å². The van der Waals surface area contributed by atoms with Crippen molar-refractivity contribution >= 4 is 23.8 Å². The van der Waals surface area contributed by atoms with Crippen molar-refractivity contribution < 1.29 is 18.3 Å². The van der Waals surface area contributed by atoms with Crippen molar-refractivity contribution in [1.82, 2.24) is 9.78 Å². The Morgan fingerprint density at radius 1 is 1.04 bits per heavy atom. The van der Waals surface area contributed by atoms with Crippen LogP contribution >= 0.6 is 7.60 Å². The first-order valence-corrected chi connectivity index (χ1v) is 10.1. The summed E-state index contributed by atoms with van der Waals surface area (Å²) in [6.45, 7) is 4.87. The molecule has 0 aliphatic rings. The van der Waals surface area contributed by atoms with E-state index in [9.17, 15) is 4.57 Å². The average molecular weight is 374 g/mol. The van der Waals surface area contributed by atoms with Crippen molar-refractivity contribution in [2.45, 2.75) is 20.4 Å². The second kappa shape index (κ2) is 8.04. The number of ether oxygens (including phenoxy) is 1. The number of aromatic nitrogens is 2. The van der Waals surface area contributed by atoms with Gasteiger partial charge in [0, 0.05) is 0 Å². The Hall–Kier alpha value is -2.14. The third-order valence-corrected chi connectivity index (χ3v) is 6.18. The van der Waals surface area contributed by atoms with E-state index in [4.69, 9.17) is 13.8 Å². The van der Waals surface area contributed by atoms with Crippen molar-refractivity contribution in [3.63, 3.8) is 0 Å². The van der Waals surface area contributed by atoms with Crippen LogP contribution in [0.25, 0.3) is 10.9 Å². The molecule has 0 aliphatic heterocycles. The minimum atomic E-state index is -3.25. The second-order valence-corrected chi connectivity index (χ2v) is 7.72. The lowest BCUT2D eigenvalue weighted by molar-refractivity contribution is 0.230. The first kappa shape index (κ1) is 18.6. The third kappa shape index (κ3) is 3.68. The molecule has 1 heterocycles. The topological polar surface area (TPSA) is 62.6 Å². The van der Waals surface area contributed by atoms with Crippen LogP contribution in [0.2, 0.25) is 0 Å². The van der Waals surface area contributed by atoms with Crippen LogP contribution in [0, 0.1) is 0 Å². The van der Waals surface area contributed by atoms with Gasteiger partial charge in [-0.15, -0.1) is 0 Å². The van der Waals surface area contributed by atoms with Gasteiger partial charge in [0.2, 0.25) is 0 Å². The van der Waals surface area contributed by atoms with Crippen LogP contribution in [0.3, 0.4) is 0 Å². The van der Waals surface area contributed by atoms with Crippen LogP contribution in [-0.2, 0) is 20.2 Å². The molecule has 1 aromatic heterocycles. The summed E-state index contributed by atoms with van der Waals surface area (Å²) in [7, 11) is -1.60. The predicted octanol–water partition coefficient (Wildman–Crippen LogP) is 3.98. The van der Waals surface area contributed by atoms with Gasteiger partial charge in [0.05, 0.1) is 49.3 Å². The molecule has 0 aliphatic carbocycles. The van der Waals surface area contributed by atoms with Gasteiger partial charge in [0.1, 0.15) is 5.75 Å². The van der Waals surface area contributed by atoms with Gasteiger partial charge in [-0.1, -0.05) is 18.2 Å². The number of methoxy groups -OCH3 is 1. The first-order chi connectivity index (χ1) is 12.6. The lowest BCUT2D eigenvalue weighted by Crippen LogP contribution is -2.11. The van der Waals surface area contributed by atoms with Gasteiger partial charge < -0.3 is 13.8 Å². The maximum atomic E-state index is 12.8. The van der Waals surface area contributed by atoms with Crippen LogP contribution in [0.4, 0.5) is 0 Å². The van der Waals surface area contributed by atoms with Crippen molar-refractivity contribution in [3.8, 4) is 5.75 Å². The van der Waals surface area contributed by atoms with Crippen molar-refractivity contribution in [2.24, 2.45) is 0 Å². The fourth-order valence-electron chi connectivity index (χ4n) is 2.86. The largest absolute Gasteiger partial charge is 0.496 e. The maximum absolute atomic E-state index is 12.8. The first-order valence-electron chi connectivity index (χ1n) is 8.58. The Kier molecular flexibility index (Phi) is 5.77. The van der Waals surface area contributed by atoms with E-state index >= 15 is 0 Å². The van der Waals surface area contributed by atoms with E-state index in [1.807, 2.05) is 35.0 Å². The lowest BCUT2D eigenvalue weighted by atomic mass is 10.2. The summed E-state index contributed by atoms with van der Waals surface area (Å²) in [6.07, 6.45) is 1.81. The third-order valence-electron chi connectivity index (χ3n) is 4.05. The molecule has 0 fully saturated rings. The van der Waals surface area contributed by atoms with E-state index < -0.39 is 7.60 Å². The summed E-state index contributed by atoms with van der Waals surface area (Å²) >= 11 is 0. The maximum Gasteiger partial charge on any atom is 0.361 e. The monoisotopic (exact) mass is 374 g/mol. The van der Waals surface area contributed by atoms with Gasteiger partial charge in [0.15, 0.2) is 0 Å². The van der Waals surface area contributed by atoms with E-state index in [1.54, 1.807) is 39.3 Å². The molecule has 2 aromatic carbocycles. The molecule has 26 heavy (non-hydrogen) atoms. The Morgan fingerprint density at radius 2 is 1.73 bits per heavy atom.